The highest BCUT2D eigenvalue weighted by molar-refractivity contribution is 7.90. The molecule has 23 heavy (non-hydrogen) atoms. The number of sulfone groups is 1. The van der Waals surface area contributed by atoms with Crippen molar-refractivity contribution < 1.29 is 13.2 Å². The molecule has 0 N–H and O–H groups in total. The lowest BCUT2D eigenvalue weighted by molar-refractivity contribution is 0.0724. The molecule has 0 unspecified atom stereocenters. The number of nitrogens with zero attached hydrogens (tertiary/aromatic N) is 3. The zero-order valence-electron chi connectivity index (χ0n) is 14.1. The Balaban J connectivity index is 2.50. The highest BCUT2D eigenvalue weighted by atomic mass is 32.2. The summed E-state index contributed by atoms with van der Waals surface area (Å²) in [6, 6.07) is 5.22. The molecule has 0 aromatic carbocycles. The van der Waals surface area contributed by atoms with Crippen LogP contribution in [0.5, 0.6) is 0 Å². The zero-order chi connectivity index (χ0) is 17.4. The van der Waals surface area contributed by atoms with Crippen molar-refractivity contribution in [1.82, 2.24) is 14.3 Å². The van der Waals surface area contributed by atoms with Gasteiger partial charge in [0.25, 0.3) is 5.91 Å². The van der Waals surface area contributed by atoms with Crippen molar-refractivity contribution in [3.63, 3.8) is 0 Å². The molecule has 2 aromatic rings. The van der Waals surface area contributed by atoms with E-state index in [-0.39, 0.29) is 22.8 Å². The Hall–Kier alpha value is -1.89. The van der Waals surface area contributed by atoms with E-state index in [1.165, 1.54) is 4.40 Å². The molecule has 0 saturated heterocycles. The van der Waals surface area contributed by atoms with E-state index in [2.05, 4.69) is 18.8 Å². The fourth-order valence-electron chi connectivity index (χ4n) is 2.64. The Morgan fingerprint density at radius 2 is 1.96 bits per heavy atom. The average Bonchev–Trinajstić information content (AvgIpc) is 2.84. The van der Waals surface area contributed by atoms with Crippen LogP contribution in [0.4, 0.5) is 0 Å². The Morgan fingerprint density at radius 3 is 2.52 bits per heavy atom. The number of hydrogen-bond donors (Lipinski definition) is 0. The van der Waals surface area contributed by atoms with Crippen molar-refractivity contribution >= 4 is 21.3 Å². The van der Waals surface area contributed by atoms with Gasteiger partial charge in [-0.15, -0.1) is 0 Å². The van der Waals surface area contributed by atoms with Crippen molar-refractivity contribution in [3.8, 4) is 0 Å². The second kappa shape index (κ2) is 6.31. The van der Waals surface area contributed by atoms with Gasteiger partial charge in [0, 0.05) is 25.5 Å². The van der Waals surface area contributed by atoms with Crippen LogP contribution in [-0.2, 0) is 9.84 Å². The van der Waals surface area contributed by atoms with Crippen molar-refractivity contribution in [1.29, 1.82) is 0 Å². The topological polar surface area (TPSA) is 71.8 Å². The van der Waals surface area contributed by atoms with E-state index in [9.17, 15) is 13.2 Å². The first-order valence-corrected chi connectivity index (χ1v) is 9.46. The molecule has 1 amide bonds. The summed E-state index contributed by atoms with van der Waals surface area (Å²) in [5, 5.41) is -0.110. The number of pyridine rings is 1. The van der Waals surface area contributed by atoms with Gasteiger partial charge in [0.2, 0.25) is 15.0 Å². The summed E-state index contributed by atoms with van der Waals surface area (Å²) < 4.78 is 25.3. The lowest BCUT2D eigenvalue weighted by Crippen LogP contribution is -2.36. The number of amides is 1. The predicted molar refractivity (Wildman–Crippen MR) is 89.3 cm³/mol. The van der Waals surface area contributed by atoms with E-state index in [1.807, 2.05) is 6.92 Å². The Morgan fingerprint density at radius 1 is 1.30 bits per heavy atom. The average molecular weight is 337 g/mol. The first kappa shape index (κ1) is 17.5. The summed E-state index contributed by atoms with van der Waals surface area (Å²) in [6.45, 7) is 6.18. The van der Waals surface area contributed by atoms with Gasteiger partial charge in [-0.2, -0.15) is 0 Å². The van der Waals surface area contributed by atoms with Gasteiger partial charge in [-0.1, -0.05) is 19.9 Å². The van der Waals surface area contributed by atoms with Crippen LogP contribution in [0, 0.1) is 5.92 Å². The maximum Gasteiger partial charge on any atom is 0.274 e. The third kappa shape index (κ3) is 3.55. The molecule has 2 rings (SSSR count). The fraction of sp³-hybridized carbons (Fsp3) is 0.500. The maximum absolute atomic E-state index is 12.8. The van der Waals surface area contributed by atoms with Crippen LogP contribution in [0.3, 0.4) is 0 Å². The second-order valence-electron chi connectivity index (χ2n) is 6.37. The number of aromatic nitrogens is 2. The molecule has 0 saturated carbocycles. The van der Waals surface area contributed by atoms with Crippen LogP contribution in [-0.4, -0.2) is 48.0 Å². The minimum atomic E-state index is -3.53. The van der Waals surface area contributed by atoms with Crippen LogP contribution in [0.15, 0.2) is 29.6 Å². The van der Waals surface area contributed by atoms with E-state index in [0.717, 1.165) is 12.7 Å². The van der Waals surface area contributed by atoms with Crippen molar-refractivity contribution in [2.75, 3.05) is 13.3 Å². The summed E-state index contributed by atoms with van der Waals surface area (Å²) in [5.41, 5.74) is 0.672. The number of carbonyl (C=O) groups is 1. The molecular weight excluding hydrogens is 314 g/mol. The van der Waals surface area contributed by atoms with Gasteiger partial charge in [0.05, 0.1) is 5.52 Å². The molecule has 2 heterocycles. The second-order valence-corrected chi connectivity index (χ2v) is 8.28. The lowest BCUT2D eigenvalue weighted by Gasteiger charge is -2.25. The first-order valence-electron chi connectivity index (χ1n) is 7.57. The summed E-state index contributed by atoms with van der Waals surface area (Å²) in [7, 11) is -1.80. The molecule has 126 valence electrons. The molecule has 6 nitrogen and oxygen atoms in total. The smallest absolute Gasteiger partial charge is 0.274 e. The van der Waals surface area contributed by atoms with Gasteiger partial charge >= 0.3 is 0 Å². The van der Waals surface area contributed by atoms with E-state index >= 15 is 0 Å². The third-order valence-electron chi connectivity index (χ3n) is 3.84. The van der Waals surface area contributed by atoms with Crippen molar-refractivity contribution in [3.05, 3.63) is 30.1 Å². The van der Waals surface area contributed by atoms with Crippen LogP contribution < -0.4 is 0 Å². The number of rotatable bonds is 5. The van der Waals surface area contributed by atoms with Crippen molar-refractivity contribution in [2.24, 2.45) is 5.92 Å². The summed E-state index contributed by atoms with van der Waals surface area (Å²) >= 11 is 0. The summed E-state index contributed by atoms with van der Waals surface area (Å²) in [5.74, 6) is 0.197. The molecular formula is C16H23N3O3S. The van der Waals surface area contributed by atoms with Gasteiger partial charge in [0.1, 0.15) is 0 Å². The number of carbonyl (C=O) groups excluding carboxylic acids is 1. The lowest BCUT2D eigenvalue weighted by atomic mass is 10.0. The monoisotopic (exact) mass is 337 g/mol. The Bertz CT molecular complexity index is 824. The fourth-order valence-corrected chi connectivity index (χ4v) is 3.41. The van der Waals surface area contributed by atoms with E-state index < -0.39 is 9.84 Å². The molecule has 0 aliphatic heterocycles. The van der Waals surface area contributed by atoms with E-state index in [1.54, 1.807) is 36.3 Å². The summed E-state index contributed by atoms with van der Waals surface area (Å²) in [4.78, 5) is 18.5. The number of fused-ring (bicyclic) bond motifs is 1. The van der Waals surface area contributed by atoms with Gasteiger partial charge in [0.15, 0.2) is 5.69 Å². The van der Waals surface area contributed by atoms with Crippen LogP contribution in [0.1, 0.15) is 37.7 Å². The minimum Gasteiger partial charge on any atom is -0.338 e. The molecule has 1 atom stereocenters. The Kier molecular flexibility index (Phi) is 4.79. The number of imidazole rings is 1. The maximum atomic E-state index is 12.8. The molecule has 0 aliphatic rings. The number of hydrogen-bond acceptors (Lipinski definition) is 4. The molecule has 0 spiro atoms. The van der Waals surface area contributed by atoms with Gasteiger partial charge in [-0.3, -0.25) is 9.20 Å². The van der Waals surface area contributed by atoms with E-state index in [4.69, 9.17) is 0 Å². The third-order valence-corrected chi connectivity index (χ3v) is 4.80. The quantitative estimate of drug-likeness (QED) is 0.839. The molecule has 0 bridgehead atoms. The molecule has 7 heteroatoms. The van der Waals surface area contributed by atoms with Crippen LogP contribution in [0.2, 0.25) is 0 Å². The Labute approximate surface area is 137 Å². The molecule has 0 fully saturated rings. The highest BCUT2D eigenvalue weighted by Crippen LogP contribution is 2.20. The van der Waals surface area contributed by atoms with Crippen LogP contribution >= 0.6 is 0 Å². The van der Waals surface area contributed by atoms with Gasteiger partial charge in [-0.05, 0) is 31.4 Å². The SMILES string of the molecule is CC(C)C[C@@H](C)N(C)C(=O)c1nc(S(C)(=O)=O)n2ccccc12. The summed E-state index contributed by atoms with van der Waals surface area (Å²) in [6.07, 6.45) is 3.56. The standard InChI is InChI=1S/C16H23N3O3S/c1-11(2)10-12(3)18(4)15(20)14-13-8-6-7-9-19(13)16(17-14)23(5,21)22/h6-9,11-12H,10H2,1-5H3/t12-/m1/s1. The molecule has 0 aliphatic carbocycles. The predicted octanol–water partition coefficient (Wildman–Crippen LogP) is 2.24. The van der Waals surface area contributed by atoms with Crippen LogP contribution in [0.25, 0.3) is 5.52 Å². The van der Waals surface area contributed by atoms with E-state index in [0.29, 0.717) is 11.4 Å². The zero-order valence-corrected chi connectivity index (χ0v) is 15.0. The van der Waals surface area contributed by atoms with Crippen molar-refractivity contribution in [2.45, 2.75) is 38.4 Å². The normalized spacial score (nSPS) is 13.5. The largest absolute Gasteiger partial charge is 0.338 e. The minimum absolute atomic E-state index is 0.0460. The van der Waals surface area contributed by atoms with Gasteiger partial charge in [-0.25, -0.2) is 13.4 Å². The first-order chi connectivity index (χ1) is 10.6. The highest BCUT2D eigenvalue weighted by Gasteiger charge is 2.26. The molecule has 0 radical (unpaired) electrons. The van der Waals surface area contributed by atoms with Gasteiger partial charge < -0.3 is 4.90 Å². The molecule has 2 aromatic heterocycles.